The average molecular weight is 387 g/mol. The van der Waals surface area contributed by atoms with Crippen LogP contribution >= 0.6 is 11.3 Å². The molecule has 2 heterocycles. The molecular formula is C19H18FN3O3S. The Morgan fingerprint density at radius 2 is 2.11 bits per heavy atom. The number of urea groups is 1. The van der Waals surface area contributed by atoms with E-state index in [2.05, 4.69) is 10.6 Å². The van der Waals surface area contributed by atoms with Crippen LogP contribution in [0.15, 0.2) is 35.7 Å². The summed E-state index contributed by atoms with van der Waals surface area (Å²) in [6, 6.07) is 5.94. The third-order valence-corrected chi connectivity index (χ3v) is 6.16. The van der Waals surface area contributed by atoms with Crippen molar-refractivity contribution in [2.75, 3.05) is 5.32 Å². The molecule has 2 atom stereocenters. The normalized spacial score (nSPS) is 22.5. The van der Waals surface area contributed by atoms with Gasteiger partial charge in [0, 0.05) is 10.4 Å². The maximum Gasteiger partial charge on any atom is 0.326 e. The highest BCUT2D eigenvalue weighted by Gasteiger charge is 2.56. The summed E-state index contributed by atoms with van der Waals surface area (Å²) in [6.45, 7) is 1.46. The topological polar surface area (TPSA) is 78.5 Å². The van der Waals surface area contributed by atoms with E-state index in [4.69, 9.17) is 0 Å². The average Bonchev–Trinajstić information content (AvgIpc) is 3.21. The van der Waals surface area contributed by atoms with E-state index in [0.717, 1.165) is 28.2 Å². The minimum atomic E-state index is -1.10. The molecule has 4 amide bonds. The third-order valence-electron chi connectivity index (χ3n) is 5.18. The molecule has 0 bridgehead atoms. The van der Waals surface area contributed by atoms with E-state index in [0.29, 0.717) is 6.42 Å². The van der Waals surface area contributed by atoms with Crippen LogP contribution in [0.5, 0.6) is 0 Å². The molecule has 0 radical (unpaired) electrons. The van der Waals surface area contributed by atoms with Crippen LogP contribution in [0.1, 0.15) is 30.2 Å². The van der Waals surface area contributed by atoms with Gasteiger partial charge in [0.05, 0.1) is 5.69 Å². The van der Waals surface area contributed by atoms with Crippen molar-refractivity contribution in [2.45, 2.75) is 37.8 Å². The predicted octanol–water partition coefficient (Wildman–Crippen LogP) is 3.00. The molecule has 1 aliphatic heterocycles. The highest BCUT2D eigenvalue weighted by atomic mass is 32.1. The quantitative estimate of drug-likeness (QED) is 0.795. The van der Waals surface area contributed by atoms with E-state index in [9.17, 15) is 18.8 Å². The maximum absolute atomic E-state index is 13.8. The van der Waals surface area contributed by atoms with E-state index in [1.54, 1.807) is 17.4 Å². The molecule has 1 spiro atoms. The van der Waals surface area contributed by atoms with Gasteiger partial charge in [-0.15, -0.1) is 11.3 Å². The second-order valence-corrected chi connectivity index (χ2v) is 7.77. The molecule has 27 heavy (non-hydrogen) atoms. The van der Waals surface area contributed by atoms with Crippen molar-refractivity contribution in [3.63, 3.8) is 0 Å². The third kappa shape index (κ3) is 2.71. The van der Waals surface area contributed by atoms with E-state index >= 15 is 0 Å². The number of hydrogen-bond donors (Lipinski definition) is 2. The summed E-state index contributed by atoms with van der Waals surface area (Å²) in [5, 5.41) is 7.17. The molecule has 1 fully saturated rings. The van der Waals surface area contributed by atoms with Crippen LogP contribution in [0.4, 0.5) is 14.9 Å². The lowest BCUT2D eigenvalue weighted by molar-refractivity contribution is -0.137. The Morgan fingerprint density at radius 3 is 2.89 bits per heavy atom. The van der Waals surface area contributed by atoms with Crippen LogP contribution in [0, 0.1) is 5.82 Å². The van der Waals surface area contributed by atoms with Crippen molar-refractivity contribution >= 4 is 34.9 Å². The zero-order valence-electron chi connectivity index (χ0n) is 14.6. The van der Waals surface area contributed by atoms with Crippen molar-refractivity contribution in [1.82, 2.24) is 10.2 Å². The lowest BCUT2D eigenvalue weighted by Gasteiger charge is -2.31. The summed E-state index contributed by atoms with van der Waals surface area (Å²) in [5.41, 5.74) is -0.271. The lowest BCUT2D eigenvalue weighted by atomic mass is 9.80. The number of hydrogen-bond acceptors (Lipinski definition) is 4. The first-order valence-electron chi connectivity index (χ1n) is 8.72. The summed E-state index contributed by atoms with van der Waals surface area (Å²) < 4.78 is 13.8. The maximum atomic E-state index is 13.8. The molecule has 6 nitrogen and oxygen atoms in total. The zero-order valence-corrected chi connectivity index (χ0v) is 15.4. The number of carbonyl (C=O) groups excluding carboxylic acids is 3. The smallest absolute Gasteiger partial charge is 0.322 e. The number of fused-ring (bicyclic) bond motifs is 2. The van der Waals surface area contributed by atoms with Gasteiger partial charge in [-0.05, 0) is 49.8 Å². The molecule has 4 rings (SSSR count). The molecule has 1 aromatic heterocycles. The fourth-order valence-corrected chi connectivity index (χ4v) is 4.78. The number of para-hydroxylation sites is 1. The molecule has 2 N–H and O–H groups in total. The Balaban J connectivity index is 1.60. The highest BCUT2D eigenvalue weighted by molar-refractivity contribution is 7.10. The monoisotopic (exact) mass is 387 g/mol. The van der Waals surface area contributed by atoms with Crippen LogP contribution in [-0.4, -0.2) is 28.8 Å². The van der Waals surface area contributed by atoms with Gasteiger partial charge in [0.2, 0.25) is 5.91 Å². The minimum Gasteiger partial charge on any atom is -0.322 e. The van der Waals surface area contributed by atoms with E-state index in [1.807, 2.05) is 11.4 Å². The van der Waals surface area contributed by atoms with Gasteiger partial charge in [-0.2, -0.15) is 0 Å². The molecular weight excluding hydrogens is 369 g/mol. The number of aryl methyl sites for hydroxylation is 1. The fourth-order valence-electron chi connectivity index (χ4n) is 3.78. The van der Waals surface area contributed by atoms with E-state index < -0.39 is 35.2 Å². The second kappa shape index (κ2) is 6.45. The van der Waals surface area contributed by atoms with Gasteiger partial charge in [0.15, 0.2) is 0 Å². The number of carbonyl (C=O) groups is 3. The number of benzene rings is 1. The summed E-state index contributed by atoms with van der Waals surface area (Å²) in [7, 11) is 0. The molecule has 1 saturated heterocycles. The lowest BCUT2D eigenvalue weighted by Crippen LogP contribution is -2.49. The van der Waals surface area contributed by atoms with E-state index in [1.165, 1.54) is 25.1 Å². The fraction of sp³-hybridized carbons (Fsp3) is 0.316. The van der Waals surface area contributed by atoms with Crippen LogP contribution < -0.4 is 10.6 Å². The van der Waals surface area contributed by atoms with Gasteiger partial charge in [0.25, 0.3) is 5.91 Å². The number of halogens is 1. The largest absolute Gasteiger partial charge is 0.326 e. The molecule has 2 aromatic rings. The Hall–Kier alpha value is -2.74. The van der Waals surface area contributed by atoms with Gasteiger partial charge in [0.1, 0.15) is 17.4 Å². The Kier molecular flexibility index (Phi) is 4.22. The Labute approximate surface area is 159 Å². The van der Waals surface area contributed by atoms with Gasteiger partial charge in [-0.1, -0.05) is 12.1 Å². The van der Waals surface area contributed by atoms with Crippen LogP contribution in [0.3, 0.4) is 0 Å². The first kappa shape index (κ1) is 17.7. The minimum absolute atomic E-state index is 0.00824. The molecule has 1 aromatic carbocycles. The van der Waals surface area contributed by atoms with Gasteiger partial charge in [-0.3, -0.25) is 9.59 Å². The van der Waals surface area contributed by atoms with E-state index in [-0.39, 0.29) is 5.69 Å². The molecule has 2 aliphatic rings. The molecule has 140 valence electrons. The van der Waals surface area contributed by atoms with Crippen LogP contribution in [0.2, 0.25) is 0 Å². The number of nitrogens with zero attached hydrogens (tertiary/aromatic N) is 1. The second-order valence-electron chi connectivity index (χ2n) is 6.77. The van der Waals surface area contributed by atoms with Gasteiger partial charge >= 0.3 is 6.03 Å². The van der Waals surface area contributed by atoms with Gasteiger partial charge < -0.3 is 10.6 Å². The number of thiophene rings is 1. The first-order valence-corrected chi connectivity index (χ1v) is 9.60. The zero-order chi connectivity index (χ0) is 19.2. The first-order chi connectivity index (χ1) is 12.9. The van der Waals surface area contributed by atoms with Crippen LogP contribution in [-0.2, 0) is 21.5 Å². The SMILES string of the molecule is C[C@H](C(=O)Nc1ccccc1F)N1C(=O)N[C@@]2(CCCc3sccc32)C1=O. The number of rotatable bonds is 3. The molecule has 0 unspecified atom stereocenters. The Bertz CT molecular complexity index is 944. The summed E-state index contributed by atoms with van der Waals surface area (Å²) in [4.78, 5) is 40.4. The van der Waals surface area contributed by atoms with Gasteiger partial charge in [-0.25, -0.2) is 14.1 Å². The van der Waals surface area contributed by atoms with Crippen LogP contribution in [0.25, 0.3) is 0 Å². The van der Waals surface area contributed by atoms with Crippen molar-refractivity contribution in [1.29, 1.82) is 0 Å². The standard InChI is InChI=1S/C19H18FN3O3S/c1-11(16(24)21-14-6-3-2-5-13(14)20)23-17(25)19(22-18(23)26)9-4-7-15-12(19)8-10-27-15/h2-3,5-6,8,10-11H,4,7,9H2,1H3,(H,21,24)(H,22,26)/t11-,19-/m1/s1. The van der Waals surface area contributed by atoms with Crippen molar-refractivity contribution in [2.24, 2.45) is 0 Å². The number of imide groups is 1. The van der Waals surface area contributed by atoms with Crippen molar-refractivity contribution in [3.8, 4) is 0 Å². The van der Waals surface area contributed by atoms with Crippen molar-refractivity contribution in [3.05, 3.63) is 52.0 Å². The summed E-state index contributed by atoms with van der Waals surface area (Å²) in [6.07, 6.45) is 2.16. The highest BCUT2D eigenvalue weighted by Crippen LogP contribution is 2.42. The number of anilines is 1. The molecule has 0 saturated carbocycles. The predicted molar refractivity (Wildman–Crippen MR) is 98.8 cm³/mol. The van der Waals surface area contributed by atoms with Crippen molar-refractivity contribution < 1.29 is 18.8 Å². The summed E-state index contributed by atoms with van der Waals surface area (Å²) in [5.74, 6) is -1.63. The summed E-state index contributed by atoms with van der Waals surface area (Å²) >= 11 is 1.57. The molecule has 8 heteroatoms. The Morgan fingerprint density at radius 1 is 1.33 bits per heavy atom. The number of amides is 4. The molecule has 1 aliphatic carbocycles. The number of nitrogens with one attached hydrogen (secondary N) is 2.